The molecule has 0 unspecified atom stereocenters. The average Bonchev–Trinajstić information content (AvgIpc) is 2.99. The standard InChI is InChI=1S/C18H21FN4O/c1-10(2)23-12(4)17(11(3)21-23)20-18(24)16-8-13-6-7-14(19)9-15(13)22(16)5/h6-10H,1-5H3,(H,20,24). The Hall–Kier alpha value is -2.63. The third kappa shape index (κ3) is 2.58. The predicted molar refractivity (Wildman–Crippen MR) is 92.9 cm³/mol. The molecule has 1 N–H and O–H groups in total. The summed E-state index contributed by atoms with van der Waals surface area (Å²) in [5.74, 6) is -0.552. The van der Waals surface area contributed by atoms with E-state index < -0.39 is 0 Å². The summed E-state index contributed by atoms with van der Waals surface area (Å²) < 4.78 is 17.0. The number of rotatable bonds is 3. The smallest absolute Gasteiger partial charge is 0.272 e. The Balaban J connectivity index is 1.98. The third-order valence-corrected chi connectivity index (χ3v) is 4.29. The summed E-state index contributed by atoms with van der Waals surface area (Å²) in [6.45, 7) is 7.90. The van der Waals surface area contributed by atoms with Crippen molar-refractivity contribution in [1.82, 2.24) is 14.3 Å². The largest absolute Gasteiger partial charge is 0.340 e. The molecule has 2 heterocycles. The molecule has 3 rings (SSSR count). The number of benzene rings is 1. The quantitative estimate of drug-likeness (QED) is 0.791. The van der Waals surface area contributed by atoms with Gasteiger partial charge < -0.3 is 9.88 Å². The first kappa shape index (κ1) is 16.2. The second-order valence-corrected chi connectivity index (χ2v) is 6.33. The number of carbonyl (C=O) groups is 1. The van der Waals surface area contributed by atoms with E-state index in [1.807, 2.05) is 32.4 Å². The topological polar surface area (TPSA) is 51.9 Å². The van der Waals surface area contributed by atoms with E-state index in [0.29, 0.717) is 11.2 Å². The molecule has 0 aliphatic carbocycles. The van der Waals surface area contributed by atoms with Crippen molar-refractivity contribution in [1.29, 1.82) is 0 Å². The second kappa shape index (κ2) is 5.78. The number of hydrogen-bond acceptors (Lipinski definition) is 2. The van der Waals surface area contributed by atoms with Crippen LogP contribution < -0.4 is 5.32 Å². The summed E-state index contributed by atoms with van der Waals surface area (Å²) in [4.78, 5) is 12.7. The molecule has 24 heavy (non-hydrogen) atoms. The van der Waals surface area contributed by atoms with Gasteiger partial charge in [0.15, 0.2) is 0 Å². The van der Waals surface area contributed by atoms with E-state index >= 15 is 0 Å². The Kier molecular flexibility index (Phi) is 3.91. The fraction of sp³-hybridized carbons (Fsp3) is 0.333. The molecule has 0 aliphatic heterocycles. The molecule has 1 amide bonds. The minimum absolute atomic E-state index is 0.218. The fourth-order valence-corrected chi connectivity index (χ4v) is 3.05. The van der Waals surface area contributed by atoms with Gasteiger partial charge in [0.05, 0.1) is 22.6 Å². The van der Waals surface area contributed by atoms with Crippen molar-refractivity contribution in [2.75, 3.05) is 5.32 Å². The highest BCUT2D eigenvalue weighted by atomic mass is 19.1. The zero-order valence-corrected chi connectivity index (χ0v) is 14.5. The average molecular weight is 328 g/mol. The molecule has 5 nitrogen and oxygen atoms in total. The predicted octanol–water partition coefficient (Wildman–Crippen LogP) is 3.96. The lowest BCUT2D eigenvalue weighted by atomic mass is 10.2. The lowest BCUT2D eigenvalue weighted by molar-refractivity contribution is 0.101. The molecule has 0 bridgehead atoms. The van der Waals surface area contributed by atoms with Crippen LogP contribution in [-0.4, -0.2) is 20.3 Å². The number of hydrogen-bond donors (Lipinski definition) is 1. The maximum atomic E-state index is 13.4. The van der Waals surface area contributed by atoms with Crippen molar-refractivity contribution in [2.45, 2.75) is 33.7 Å². The van der Waals surface area contributed by atoms with Crippen molar-refractivity contribution in [3.05, 3.63) is 47.2 Å². The minimum Gasteiger partial charge on any atom is -0.340 e. The minimum atomic E-state index is -0.319. The van der Waals surface area contributed by atoms with Crippen molar-refractivity contribution >= 4 is 22.5 Å². The normalized spacial score (nSPS) is 11.5. The summed E-state index contributed by atoms with van der Waals surface area (Å²) in [6.07, 6.45) is 0. The van der Waals surface area contributed by atoms with Crippen LogP contribution in [-0.2, 0) is 7.05 Å². The number of aromatic nitrogens is 3. The van der Waals surface area contributed by atoms with E-state index in [-0.39, 0.29) is 17.8 Å². The molecule has 126 valence electrons. The molecule has 0 spiro atoms. The van der Waals surface area contributed by atoms with Crippen LogP contribution in [0.3, 0.4) is 0 Å². The molecular weight excluding hydrogens is 307 g/mol. The number of amides is 1. The van der Waals surface area contributed by atoms with E-state index in [9.17, 15) is 9.18 Å². The fourth-order valence-electron chi connectivity index (χ4n) is 3.05. The van der Waals surface area contributed by atoms with Gasteiger partial charge in [-0.15, -0.1) is 0 Å². The van der Waals surface area contributed by atoms with Gasteiger partial charge in [0, 0.05) is 18.5 Å². The first-order valence-electron chi connectivity index (χ1n) is 7.91. The lowest BCUT2D eigenvalue weighted by Gasteiger charge is -2.10. The van der Waals surface area contributed by atoms with Crippen molar-refractivity contribution < 1.29 is 9.18 Å². The first-order valence-corrected chi connectivity index (χ1v) is 7.91. The molecule has 0 saturated carbocycles. The van der Waals surface area contributed by atoms with Crippen molar-refractivity contribution in [2.24, 2.45) is 7.05 Å². The lowest BCUT2D eigenvalue weighted by Crippen LogP contribution is -2.16. The van der Waals surface area contributed by atoms with Crippen LogP contribution >= 0.6 is 0 Å². The number of nitrogens with one attached hydrogen (secondary N) is 1. The summed E-state index contributed by atoms with van der Waals surface area (Å²) >= 11 is 0. The SMILES string of the molecule is Cc1nn(C(C)C)c(C)c1NC(=O)c1cc2ccc(F)cc2n1C. The van der Waals surface area contributed by atoms with E-state index in [4.69, 9.17) is 0 Å². The van der Waals surface area contributed by atoms with Gasteiger partial charge in [0.1, 0.15) is 11.5 Å². The number of fused-ring (bicyclic) bond motifs is 1. The highest BCUT2D eigenvalue weighted by molar-refractivity contribution is 6.06. The summed E-state index contributed by atoms with van der Waals surface area (Å²) in [7, 11) is 1.76. The molecule has 0 radical (unpaired) electrons. The van der Waals surface area contributed by atoms with Gasteiger partial charge in [-0.2, -0.15) is 5.10 Å². The van der Waals surface area contributed by atoms with Crippen LogP contribution in [0.1, 0.15) is 41.8 Å². The van der Waals surface area contributed by atoms with Crippen LogP contribution in [0.4, 0.5) is 10.1 Å². The molecule has 0 saturated heterocycles. The van der Waals surface area contributed by atoms with E-state index in [1.54, 1.807) is 23.7 Å². The Morgan fingerprint density at radius 1 is 1.25 bits per heavy atom. The Bertz CT molecular complexity index is 936. The molecular formula is C18H21FN4O. The summed E-state index contributed by atoms with van der Waals surface area (Å²) in [6, 6.07) is 6.48. The molecule has 0 aliphatic rings. The van der Waals surface area contributed by atoms with Crippen molar-refractivity contribution in [3.8, 4) is 0 Å². The number of halogens is 1. The molecule has 3 aromatic rings. The van der Waals surface area contributed by atoms with E-state index in [0.717, 1.165) is 22.5 Å². The Morgan fingerprint density at radius 2 is 1.96 bits per heavy atom. The first-order chi connectivity index (χ1) is 11.3. The molecule has 1 aromatic carbocycles. The Labute approximate surface area is 140 Å². The zero-order chi connectivity index (χ0) is 17.6. The molecule has 0 fully saturated rings. The van der Waals surface area contributed by atoms with Gasteiger partial charge in [0.25, 0.3) is 5.91 Å². The van der Waals surface area contributed by atoms with Crippen LogP contribution in [0.15, 0.2) is 24.3 Å². The third-order valence-electron chi connectivity index (χ3n) is 4.29. The summed E-state index contributed by atoms with van der Waals surface area (Å²) in [5.41, 5.74) is 3.59. The van der Waals surface area contributed by atoms with Gasteiger partial charge in [-0.05, 0) is 52.0 Å². The number of carbonyl (C=O) groups excluding carboxylic acids is 1. The number of aryl methyl sites for hydroxylation is 2. The van der Waals surface area contributed by atoms with Crippen LogP contribution in [0.25, 0.3) is 10.9 Å². The molecule has 6 heteroatoms. The Morgan fingerprint density at radius 3 is 2.58 bits per heavy atom. The van der Waals surface area contributed by atoms with Gasteiger partial charge >= 0.3 is 0 Å². The van der Waals surface area contributed by atoms with Crippen LogP contribution in [0.5, 0.6) is 0 Å². The highest BCUT2D eigenvalue weighted by Crippen LogP contribution is 2.25. The van der Waals surface area contributed by atoms with Gasteiger partial charge in [-0.25, -0.2) is 4.39 Å². The van der Waals surface area contributed by atoms with Crippen LogP contribution in [0.2, 0.25) is 0 Å². The maximum absolute atomic E-state index is 13.4. The van der Waals surface area contributed by atoms with E-state index in [1.165, 1.54) is 12.1 Å². The zero-order valence-electron chi connectivity index (χ0n) is 14.5. The van der Waals surface area contributed by atoms with Crippen LogP contribution in [0, 0.1) is 19.7 Å². The van der Waals surface area contributed by atoms with Gasteiger partial charge in [0.2, 0.25) is 0 Å². The summed E-state index contributed by atoms with van der Waals surface area (Å²) in [5, 5.41) is 8.26. The monoisotopic (exact) mass is 328 g/mol. The maximum Gasteiger partial charge on any atom is 0.272 e. The number of anilines is 1. The van der Waals surface area contributed by atoms with Crippen molar-refractivity contribution in [3.63, 3.8) is 0 Å². The van der Waals surface area contributed by atoms with E-state index in [2.05, 4.69) is 10.4 Å². The second-order valence-electron chi connectivity index (χ2n) is 6.33. The number of nitrogens with zero attached hydrogens (tertiary/aromatic N) is 3. The van der Waals surface area contributed by atoms with Gasteiger partial charge in [-0.3, -0.25) is 9.48 Å². The molecule has 0 atom stereocenters. The van der Waals surface area contributed by atoms with Gasteiger partial charge in [-0.1, -0.05) is 0 Å². The highest BCUT2D eigenvalue weighted by Gasteiger charge is 2.19. The molecule has 2 aromatic heterocycles.